The van der Waals surface area contributed by atoms with Crippen LogP contribution >= 0.6 is 0 Å². The van der Waals surface area contributed by atoms with Gasteiger partial charge in [-0.2, -0.15) is 0 Å². The number of aliphatic hydroxyl groups excluding tert-OH is 1. The largest absolute Gasteiger partial charge is 0.488 e. The molecule has 0 atom stereocenters. The summed E-state index contributed by atoms with van der Waals surface area (Å²) < 4.78 is 17.4. The molecule has 0 aliphatic carbocycles. The standard InChI is InChI=1S/C22H20O4/c23-14-17-6-8-20(26-15-16-4-2-1-3-5-16)19(12-17)18-7-9-21-22(13-18)25-11-10-24-21/h1-9,12-13,23H,10-11,14-15H2. The molecule has 0 unspecified atom stereocenters. The van der Waals surface area contributed by atoms with Gasteiger partial charge in [-0.3, -0.25) is 0 Å². The number of benzene rings is 3. The minimum absolute atomic E-state index is 0.0173. The third-order valence-electron chi connectivity index (χ3n) is 4.32. The van der Waals surface area contributed by atoms with E-state index in [-0.39, 0.29) is 6.61 Å². The van der Waals surface area contributed by atoms with Crippen molar-refractivity contribution in [2.75, 3.05) is 13.2 Å². The highest BCUT2D eigenvalue weighted by Crippen LogP contribution is 2.38. The van der Waals surface area contributed by atoms with Crippen molar-refractivity contribution in [2.24, 2.45) is 0 Å². The minimum atomic E-state index is -0.0173. The van der Waals surface area contributed by atoms with E-state index in [4.69, 9.17) is 14.2 Å². The first-order valence-corrected chi connectivity index (χ1v) is 8.64. The molecule has 132 valence electrons. The molecule has 4 heteroatoms. The summed E-state index contributed by atoms with van der Waals surface area (Å²) >= 11 is 0. The number of rotatable bonds is 5. The van der Waals surface area contributed by atoms with Crippen molar-refractivity contribution in [3.8, 4) is 28.4 Å². The normalized spacial score (nSPS) is 12.7. The fourth-order valence-corrected chi connectivity index (χ4v) is 2.97. The summed E-state index contributed by atoms with van der Waals surface area (Å²) in [6.07, 6.45) is 0. The molecule has 0 aromatic heterocycles. The molecule has 26 heavy (non-hydrogen) atoms. The Hall–Kier alpha value is -2.98. The molecule has 4 nitrogen and oxygen atoms in total. The topological polar surface area (TPSA) is 47.9 Å². The van der Waals surface area contributed by atoms with E-state index in [2.05, 4.69) is 0 Å². The van der Waals surface area contributed by atoms with Crippen molar-refractivity contribution < 1.29 is 19.3 Å². The Bertz CT molecular complexity index is 890. The summed E-state index contributed by atoms with van der Waals surface area (Å²) in [4.78, 5) is 0. The molecule has 0 saturated heterocycles. The van der Waals surface area contributed by atoms with Crippen molar-refractivity contribution in [3.05, 3.63) is 77.9 Å². The predicted octanol–water partition coefficient (Wildman–Crippen LogP) is 4.20. The lowest BCUT2D eigenvalue weighted by atomic mass is 10.0. The lowest BCUT2D eigenvalue weighted by Crippen LogP contribution is -2.15. The van der Waals surface area contributed by atoms with E-state index in [1.807, 2.05) is 66.7 Å². The average molecular weight is 348 g/mol. The van der Waals surface area contributed by atoms with Crippen LogP contribution in [-0.4, -0.2) is 18.3 Å². The van der Waals surface area contributed by atoms with Crippen LogP contribution < -0.4 is 14.2 Å². The van der Waals surface area contributed by atoms with Gasteiger partial charge in [-0.25, -0.2) is 0 Å². The fourth-order valence-electron chi connectivity index (χ4n) is 2.97. The molecule has 4 rings (SSSR count). The van der Waals surface area contributed by atoms with E-state index in [0.29, 0.717) is 19.8 Å². The first-order valence-electron chi connectivity index (χ1n) is 8.64. The van der Waals surface area contributed by atoms with E-state index in [9.17, 15) is 5.11 Å². The average Bonchev–Trinajstić information content (AvgIpc) is 2.72. The van der Waals surface area contributed by atoms with Gasteiger partial charge in [-0.05, 0) is 41.0 Å². The van der Waals surface area contributed by atoms with Crippen molar-refractivity contribution in [3.63, 3.8) is 0 Å². The molecular formula is C22H20O4. The second kappa shape index (κ2) is 7.50. The van der Waals surface area contributed by atoms with Crippen LogP contribution in [0.15, 0.2) is 66.7 Å². The number of aliphatic hydroxyl groups is 1. The van der Waals surface area contributed by atoms with Gasteiger partial charge in [0, 0.05) is 5.56 Å². The van der Waals surface area contributed by atoms with Gasteiger partial charge >= 0.3 is 0 Å². The quantitative estimate of drug-likeness (QED) is 0.751. The van der Waals surface area contributed by atoms with Crippen molar-refractivity contribution >= 4 is 0 Å². The van der Waals surface area contributed by atoms with Crippen LogP contribution in [-0.2, 0) is 13.2 Å². The highest BCUT2D eigenvalue weighted by atomic mass is 16.6. The third kappa shape index (κ3) is 3.51. The first-order chi connectivity index (χ1) is 12.8. The van der Waals surface area contributed by atoms with Gasteiger partial charge in [0.05, 0.1) is 6.61 Å². The van der Waals surface area contributed by atoms with E-state index < -0.39 is 0 Å². The van der Waals surface area contributed by atoms with Crippen LogP contribution in [0.1, 0.15) is 11.1 Å². The Kier molecular flexibility index (Phi) is 4.75. The van der Waals surface area contributed by atoms with Gasteiger partial charge < -0.3 is 19.3 Å². The van der Waals surface area contributed by atoms with Crippen LogP contribution in [0.5, 0.6) is 17.2 Å². The molecular weight excluding hydrogens is 328 g/mol. The van der Waals surface area contributed by atoms with Gasteiger partial charge in [0.15, 0.2) is 11.5 Å². The van der Waals surface area contributed by atoms with Crippen molar-refractivity contribution in [1.29, 1.82) is 0 Å². The van der Waals surface area contributed by atoms with E-state index in [1.165, 1.54) is 0 Å². The predicted molar refractivity (Wildman–Crippen MR) is 99.6 cm³/mol. The Morgan fingerprint density at radius 2 is 1.62 bits per heavy atom. The van der Waals surface area contributed by atoms with Crippen molar-refractivity contribution in [1.82, 2.24) is 0 Å². The maximum absolute atomic E-state index is 9.51. The van der Waals surface area contributed by atoms with Crippen LogP contribution in [0.25, 0.3) is 11.1 Å². The molecule has 1 heterocycles. The molecule has 0 fully saturated rings. The zero-order valence-electron chi connectivity index (χ0n) is 14.4. The molecule has 0 radical (unpaired) electrons. The zero-order valence-corrected chi connectivity index (χ0v) is 14.4. The van der Waals surface area contributed by atoms with Crippen LogP contribution in [0, 0.1) is 0 Å². The molecule has 1 N–H and O–H groups in total. The van der Waals surface area contributed by atoms with E-state index in [0.717, 1.165) is 39.5 Å². The smallest absolute Gasteiger partial charge is 0.161 e. The molecule has 3 aromatic rings. The first kappa shape index (κ1) is 16.5. The number of ether oxygens (including phenoxy) is 3. The second-order valence-corrected chi connectivity index (χ2v) is 6.12. The zero-order chi connectivity index (χ0) is 17.8. The number of fused-ring (bicyclic) bond motifs is 1. The molecule has 1 aliphatic rings. The Balaban J connectivity index is 1.67. The molecule has 0 spiro atoms. The third-order valence-corrected chi connectivity index (χ3v) is 4.32. The van der Waals surface area contributed by atoms with Crippen LogP contribution in [0.3, 0.4) is 0 Å². The summed E-state index contributed by atoms with van der Waals surface area (Å²) in [5.41, 5.74) is 3.82. The Morgan fingerprint density at radius 3 is 2.42 bits per heavy atom. The highest BCUT2D eigenvalue weighted by Gasteiger charge is 2.15. The van der Waals surface area contributed by atoms with Gasteiger partial charge in [0.2, 0.25) is 0 Å². The SMILES string of the molecule is OCc1ccc(OCc2ccccc2)c(-c2ccc3c(c2)OCCO3)c1. The van der Waals surface area contributed by atoms with Crippen molar-refractivity contribution in [2.45, 2.75) is 13.2 Å². The highest BCUT2D eigenvalue weighted by molar-refractivity contribution is 5.73. The monoisotopic (exact) mass is 348 g/mol. The summed E-state index contributed by atoms with van der Waals surface area (Å²) in [6, 6.07) is 21.6. The Morgan fingerprint density at radius 1 is 0.808 bits per heavy atom. The lowest BCUT2D eigenvalue weighted by Gasteiger charge is -2.20. The summed E-state index contributed by atoms with van der Waals surface area (Å²) in [5.74, 6) is 2.25. The van der Waals surface area contributed by atoms with Crippen LogP contribution in [0.2, 0.25) is 0 Å². The Labute approximate surface area is 152 Å². The molecule has 0 amide bonds. The number of hydrogen-bond acceptors (Lipinski definition) is 4. The molecule has 0 saturated carbocycles. The lowest BCUT2D eigenvalue weighted by molar-refractivity contribution is 0.171. The van der Waals surface area contributed by atoms with E-state index in [1.54, 1.807) is 0 Å². The van der Waals surface area contributed by atoms with Crippen LogP contribution in [0.4, 0.5) is 0 Å². The van der Waals surface area contributed by atoms with E-state index >= 15 is 0 Å². The molecule has 0 bridgehead atoms. The molecule has 1 aliphatic heterocycles. The van der Waals surface area contributed by atoms with Gasteiger partial charge in [-0.1, -0.05) is 42.5 Å². The van der Waals surface area contributed by atoms with Gasteiger partial charge in [-0.15, -0.1) is 0 Å². The second-order valence-electron chi connectivity index (χ2n) is 6.12. The summed E-state index contributed by atoms with van der Waals surface area (Å²) in [5, 5.41) is 9.51. The van der Waals surface area contributed by atoms with Gasteiger partial charge in [0.25, 0.3) is 0 Å². The summed E-state index contributed by atoms with van der Waals surface area (Å²) in [6.45, 7) is 1.58. The summed E-state index contributed by atoms with van der Waals surface area (Å²) in [7, 11) is 0. The maximum atomic E-state index is 9.51. The van der Waals surface area contributed by atoms with Gasteiger partial charge in [0.1, 0.15) is 25.6 Å². The molecule has 3 aromatic carbocycles. The number of hydrogen-bond donors (Lipinski definition) is 1. The minimum Gasteiger partial charge on any atom is -0.488 e. The maximum Gasteiger partial charge on any atom is 0.161 e. The fraction of sp³-hybridized carbons (Fsp3) is 0.182.